The van der Waals surface area contributed by atoms with Crippen LogP contribution in [0.2, 0.25) is 0 Å². The molecule has 0 radical (unpaired) electrons. The predicted molar refractivity (Wildman–Crippen MR) is 109 cm³/mol. The highest BCUT2D eigenvalue weighted by Gasteiger charge is 2.11. The van der Waals surface area contributed by atoms with Crippen LogP contribution in [-0.2, 0) is 4.74 Å². The first-order valence-corrected chi connectivity index (χ1v) is 9.18. The van der Waals surface area contributed by atoms with E-state index in [4.69, 9.17) is 9.15 Å². The van der Waals surface area contributed by atoms with Crippen molar-refractivity contribution >= 4 is 17.8 Å². The smallest absolute Gasteiger partial charge is 0.338 e. The van der Waals surface area contributed by atoms with Crippen molar-refractivity contribution in [1.82, 2.24) is 0 Å². The third-order valence-electron chi connectivity index (χ3n) is 4.01. The van der Waals surface area contributed by atoms with E-state index >= 15 is 0 Å². The summed E-state index contributed by atoms with van der Waals surface area (Å²) in [5, 5.41) is 0. The molecule has 0 fully saturated rings. The quantitative estimate of drug-likeness (QED) is 0.304. The summed E-state index contributed by atoms with van der Waals surface area (Å²) >= 11 is 0. The minimum Gasteiger partial charge on any atom is -0.462 e. The third kappa shape index (κ3) is 5.07. The Labute approximate surface area is 164 Å². The maximum Gasteiger partial charge on any atom is 0.338 e. The molecule has 0 unspecified atom stereocenters. The molecule has 4 nitrogen and oxygen atoms in total. The van der Waals surface area contributed by atoms with E-state index in [1.807, 2.05) is 44.2 Å². The van der Waals surface area contributed by atoms with Gasteiger partial charge in [-0.05, 0) is 42.3 Å². The largest absolute Gasteiger partial charge is 0.462 e. The van der Waals surface area contributed by atoms with Gasteiger partial charge in [0.1, 0.15) is 11.5 Å². The summed E-state index contributed by atoms with van der Waals surface area (Å²) in [6.45, 7) is 4.36. The number of benzene rings is 2. The molecule has 0 saturated carbocycles. The number of hydrogen-bond donors (Lipinski definition) is 0. The lowest BCUT2D eigenvalue weighted by Gasteiger charge is -2.07. The van der Waals surface area contributed by atoms with Gasteiger partial charge in [0, 0.05) is 11.1 Å². The number of furan rings is 1. The molecule has 28 heavy (non-hydrogen) atoms. The molecule has 0 spiro atoms. The molecule has 1 aromatic heterocycles. The van der Waals surface area contributed by atoms with Crippen LogP contribution in [0, 0.1) is 5.92 Å². The first-order chi connectivity index (χ1) is 13.5. The Hall–Kier alpha value is -3.40. The van der Waals surface area contributed by atoms with E-state index in [1.165, 1.54) is 6.08 Å². The number of esters is 1. The van der Waals surface area contributed by atoms with Crippen molar-refractivity contribution in [3.05, 3.63) is 89.7 Å². The molecule has 0 amide bonds. The summed E-state index contributed by atoms with van der Waals surface area (Å²) in [7, 11) is 0. The highest BCUT2D eigenvalue weighted by molar-refractivity contribution is 6.06. The van der Waals surface area contributed by atoms with Gasteiger partial charge in [0.15, 0.2) is 5.78 Å². The van der Waals surface area contributed by atoms with E-state index in [2.05, 4.69) is 0 Å². The van der Waals surface area contributed by atoms with Gasteiger partial charge in [0.2, 0.25) is 0 Å². The van der Waals surface area contributed by atoms with Crippen LogP contribution in [0.4, 0.5) is 0 Å². The van der Waals surface area contributed by atoms with Crippen molar-refractivity contribution in [2.24, 2.45) is 5.92 Å². The highest BCUT2D eigenvalue weighted by Crippen LogP contribution is 2.24. The SMILES string of the molecule is CC(C)COC(=O)c1cccc(-c2ccc(/C=C/C(=O)c3ccccc3)o2)c1. The van der Waals surface area contributed by atoms with Gasteiger partial charge >= 0.3 is 5.97 Å². The number of hydrogen-bond acceptors (Lipinski definition) is 4. The zero-order chi connectivity index (χ0) is 19.9. The van der Waals surface area contributed by atoms with E-state index in [0.29, 0.717) is 29.3 Å². The van der Waals surface area contributed by atoms with Crippen molar-refractivity contribution in [1.29, 1.82) is 0 Å². The van der Waals surface area contributed by atoms with E-state index in [0.717, 1.165) is 5.56 Å². The Bertz CT molecular complexity index is 981. The van der Waals surface area contributed by atoms with Gasteiger partial charge in [-0.2, -0.15) is 0 Å². The zero-order valence-electron chi connectivity index (χ0n) is 15.9. The van der Waals surface area contributed by atoms with Crippen LogP contribution < -0.4 is 0 Å². The minimum atomic E-state index is -0.351. The Morgan fingerprint density at radius 2 is 1.71 bits per heavy atom. The van der Waals surface area contributed by atoms with Gasteiger partial charge in [-0.15, -0.1) is 0 Å². The van der Waals surface area contributed by atoms with Crippen molar-refractivity contribution < 1.29 is 18.7 Å². The number of carbonyl (C=O) groups excluding carboxylic acids is 2. The molecule has 3 aromatic rings. The monoisotopic (exact) mass is 374 g/mol. The fourth-order valence-electron chi connectivity index (χ4n) is 2.58. The predicted octanol–water partition coefficient (Wildman–Crippen LogP) is 5.66. The standard InChI is InChI=1S/C24H22O4/c1-17(2)16-27-24(26)20-10-6-9-19(15-20)23-14-12-21(28-23)11-13-22(25)18-7-4-3-5-8-18/h3-15,17H,16H2,1-2H3/b13-11+. The van der Waals surface area contributed by atoms with Crippen molar-refractivity contribution in [3.8, 4) is 11.3 Å². The first-order valence-electron chi connectivity index (χ1n) is 9.18. The average molecular weight is 374 g/mol. The van der Waals surface area contributed by atoms with Crippen LogP contribution in [0.25, 0.3) is 17.4 Å². The molecule has 0 aliphatic heterocycles. The normalized spacial score (nSPS) is 11.1. The molecule has 1 heterocycles. The lowest BCUT2D eigenvalue weighted by Crippen LogP contribution is -2.10. The van der Waals surface area contributed by atoms with Gasteiger partial charge in [-0.25, -0.2) is 4.79 Å². The van der Waals surface area contributed by atoms with Crippen molar-refractivity contribution in [3.63, 3.8) is 0 Å². The number of allylic oxidation sites excluding steroid dienone is 1. The maximum absolute atomic E-state index is 12.1. The van der Waals surface area contributed by atoms with E-state index < -0.39 is 0 Å². The summed E-state index contributed by atoms with van der Waals surface area (Å²) in [4.78, 5) is 24.3. The number of carbonyl (C=O) groups is 2. The molecular weight excluding hydrogens is 352 g/mol. The van der Waals surface area contributed by atoms with Crippen LogP contribution >= 0.6 is 0 Å². The maximum atomic E-state index is 12.1. The molecule has 0 N–H and O–H groups in total. The van der Waals surface area contributed by atoms with Gasteiger partial charge < -0.3 is 9.15 Å². The first kappa shape index (κ1) is 19.4. The third-order valence-corrected chi connectivity index (χ3v) is 4.01. The van der Waals surface area contributed by atoms with E-state index in [1.54, 1.807) is 42.5 Å². The van der Waals surface area contributed by atoms with Crippen molar-refractivity contribution in [2.75, 3.05) is 6.61 Å². The summed E-state index contributed by atoms with van der Waals surface area (Å²) in [5.74, 6) is 1.02. The van der Waals surface area contributed by atoms with E-state index in [-0.39, 0.29) is 17.7 Å². The molecule has 0 atom stereocenters. The van der Waals surface area contributed by atoms with Crippen LogP contribution in [-0.4, -0.2) is 18.4 Å². The lowest BCUT2D eigenvalue weighted by atomic mass is 10.1. The van der Waals surface area contributed by atoms with Crippen LogP contribution in [0.15, 0.2) is 77.2 Å². The molecule has 0 aliphatic rings. The molecule has 0 aliphatic carbocycles. The molecule has 2 aromatic carbocycles. The average Bonchev–Trinajstić information content (AvgIpc) is 3.20. The van der Waals surface area contributed by atoms with Crippen LogP contribution in [0.3, 0.4) is 0 Å². The van der Waals surface area contributed by atoms with Crippen molar-refractivity contribution in [2.45, 2.75) is 13.8 Å². The summed E-state index contributed by atoms with van der Waals surface area (Å²) in [6.07, 6.45) is 3.12. The molecule has 3 rings (SSSR count). The number of ketones is 1. The van der Waals surface area contributed by atoms with Gasteiger partial charge in [0.05, 0.1) is 12.2 Å². The summed E-state index contributed by atoms with van der Waals surface area (Å²) in [6, 6.07) is 19.8. The number of rotatable bonds is 7. The summed E-state index contributed by atoms with van der Waals surface area (Å²) < 4.78 is 11.1. The molecule has 0 bridgehead atoms. The molecule has 0 saturated heterocycles. The van der Waals surface area contributed by atoms with Gasteiger partial charge in [-0.1, -0.05) is 56.3 Å². The second kappa shape index (κ2) is 9.00. The Kier molecular flexibility index (Phi) is 6.22. The Balaban J connectivity index is 1.71. The molecule has 4 heteroatoms. The van der Waals surface area contributed by atoms with Crippen LogP contribution in [0.1, 0.15) is 40.3 Å². The van der Waals surface area contributed by atoms with Gasteiger partial charge in [-0.3, -0.25) is 4.79 Å². The Morgan fingerprint density at radius 3 is 2.46 bits per heavy atom. The minimum absolute atomic E-state index is 0.0894. The zero-order valence-corrected chi connectivity index (χ0v) is 15.9. The fraction of sp³-hybridized carbons (Fsp3) is 0.167. The van der Waals surface area contributed by atoms with Gasteiger partial charge in [0.25, 0.3) is 0 Å². The second-order valence-electron chi connectivity index (χ2n) is 6.84. The fourth-order valence-corrected chi connectivity index (χ4v) is 2.58. The second-order valence-corrected chi connectivity index (χ2v) is 6.84. The van der Waals surface area contributed by atoms with Crippen LogP contribution in [0.5, 0.6) is 0 Å². The van der Waals surface area contributed by atoms with E-state index in [9.17, 15) is 9.59 Å². The topological polar surface area (TPSA) is 56.5 Å². The summed E-state index contributed by atoms with van der Waals surface area (Å²) in [5.41, 5.74) is 1.87. The Morgan fingerprint density at radius 1 is 0.964 bits per heavy atom. The lowest BCUT2D eigenvalue weighted by molar-refractivity contribution is 0.0459. The molecular formula is C24H22O4. The number of ether oxygens (including phenoxy) is 1. The molecule has 142 valence electrons. The highest BCUT2D eigenvalue weighted by atomic mass is 16.5.